The van der Waals surface area contributed by atoms with E-state index in [1.807, 2.05) is 6.92 Å². The Labute approximate surface area is 157 Å². The smallest absolute Gasteiger partial charge is 0.258 e. The molecule has 3 N–H and O–H groups in total. The lowest BCUT2D eigenvalue weighted by Gasteiger charge is -2.14. The van der Waals surface area contributed by atoms with Crippen LogP contribution in [0.1, 0.15) is 32.7 Å². The second-order valence-electron chi connectivity index (χ2n) is 6.13. The van der Waals surface area contributed by atoms with Crippen molar-refractivity contribution >= 4 is 29.9 Å². The number of hydrogen-bond donors (Lipinski definition) is 3. The van der Waals surface area contributed by atoms with Gasteiger partial charge in [0.1, 0.15) is 5.82 Å². The zero-order valence-electron chi connectivity index (χ0n) is 14.3. The Morgan fingerprint density at radius 2 is 1.92 bits per heavy atom. The van der Waals surface area contributed by atoms with Gasteiger partial charge in [0.15, 0.2) is 0 Å². The maximum absolute atomic E-state index is 13.7. The molecule has 7 heteroatoms. The molecule has 0 spiro atoms. The fourth-order valence-corrected chi connectivity index (χ4v) is 2.78. The highest BCUT2D eigenvalue weighted by Crippen LogP contribution is 2.19. The van der Waals surface area contributed by atoms with Crippen LogP contribution < -0.4 is 16.0 Å². The molecule has 3 rings (SSSR count). The van der Waals surface area contributed by atoms with Crippen molar-refractivity contribution in [2.24, 2.45) is 0 Å². The predicted molar refractivity (Wildman–Crippen MR) is 102 cm³/mol. The van der Waals surface area contributed by atoms with Crippen molar-refractivity contribution in [2.75, 3.05) is 18.4 Å². The lowest BCUT2D eigenvalue weighted by atomic mass is 10.1. The second kappa shape index (κ2) is 8.78. The first kappa shape index (κ1) is 19.9. The highest BCUT2D eigenvalue weighted by atomic mass is 35.5. The lowest BCUT2D eigenvalue weighted by molar-refractivity contribution is 0.0938. The third-order valence-electron chi connectivity index (χ3n) is 4.26. The molecule has 0 radical (unpaired) electrons. The van der Waals surface area contributed by atoms with Crippen molar-refractivity contribution in [3.8, 4) is 0 Å². The number of hydrogen-bond acceptors (Lipinski definition) is 3. The Morgan fingerprint density at radius 1 is 1.15 bits per heavy atom. The average molecular weight is 378 g/mol. The molecule has 2 aromatic rings. The summed E-state index contributed by atoms with van der Waals surface area (Å²) in [5.74, 6) is -1.31. The Kier molecular flexibility index (Phi) is 6.71. The van der Waals surface area contributed by atoms with E-state index in [1.54, 1.807) is 24.3 Å². The van der Waals surface area contributed by atoms with Gasteiger partial charge < -0.3 is 16.0 Å². The normalized spacial score (nSPS) is 15.8. The minimum atomic E-state index is -0.583. The van der Waals surface area contributed by atoms with E-state index < -0.39 is 11.7 Å². The molecule has 1 aliphatic heterocycles. The van der Waals surface area contributed by atoms with Crippen LogP contribution in [0.25, 0.3) is 0 Å². The van der Waals surface area contributed by atoms with Crippen LogP contribution in [0.3, 0.4) is 0 Å². The van der Waals surface area contributed by atoms with Gasteiger partial charge in [0.25, 0.3) is 11.8 Å². The second-order valence-corrected chi connectivity index (χ2v) is 6.13. The average Bonchev–Trinajstić information content (AvgIpc) is 3.10. The number of anilines is 1. The summed E-state index contributed by atoms with van der Waals surface area (Å²) in [5.41, 5.74) is 1.71. The van der Waals surface area contributed by atoms with E-state index in [4.69, 9.17) is 0 Å². The molecule has 1 unspecified atom stereocenters. The summed E-state index contributed by atoms with van der Waals surface area (Å²) in [4.78, 5) is 24.6. The number of aryl methyl sites for hydroxylation is 1. The maximum atomic E-state index is 13.7. The number of benzene rings is 2. The Balaban J connectivity index is 0.00000243. The van der Waals surface area contributed by atoms with Crippen molar-refractivity contribution < 1.29 is 14.0 Å². The summed E-state index contributed by atoms with van der Waals surface area (Å²) < 4.78 is 13.7. The van der Waals surface area contributed by atoms with Crippen LogP contribution in [-0.2, 0) is 0 Å². The van der Waals surface area contributed by atoms with Crippen LogP contribution in [0.2, 0.25) is 0 Å². The van der Waals surface area contributed by atoms with Gasteiger partial charge in [-0.1, -0.05) is 18.2 Å². The Hall–Kier alpha value is -2.44. The van der Waals surface area contributed by atoms with Crippen LogP contribution in [0.5, 0.6) is 0 Å². The number of carbonyl (C=O) groups is 2. The van der Waals surface area contributed by atoms with Crippen LogP contribution in [-0.4, -0.2) is 30.9 Å². The van der Waals surface area contributed by atoms with E-state index in [2.05, 4.69) is 16.0 Å². The molecule has 0 bridgehead atoms. The zero-order chi connectivity index (χ0) is 17.8. The summed E-state index contributed by atoms with van der Waals surface area (Å²) >= 11 is 0. The molecule has 26 heavy (non-hydrogen) atoms. The van der Waals surface area contributed by atoms with Crippen LogP contribution in [0.15, 0.2) is 42.5 Å². The molecule has 1 aliphatic rings. The molecular weight excluding hydrogens is 357 g/mol. The lowest BCUT2D eigenvalue weighted by Crippen LogP contribution is -2.36. The van der Waals surface area contributed by atoms with E-state index in [0.29, 0.717) is 11.3 Å². The van der Waals surface area contributed by atoms with Gasteiger partial charge >= 0.3 is 0 Å². The van der Waals surface area contributed by atoms with Crippen LogP contribution in [0, 0.1) is 12.7 Å². The largest absolute Gasteiger partial charge is 0.348 e. The molecule has 0 aliphatic carbocycles. The van der Waals surface area contributed by atoms with Gasteiger partial charge in [-0.3, -0.25) is 9.59 Å². The van der Waals surface area contributed by atoms with Crippen molar-refractivity contribution in [3.63, 3.8) is 0 Å². The van der Waals surface area contributed by atoms with Crippen molar-refractivity contribution in [1.29, 1.82) is 0 Å². The third-order valence-corrected chi connectivity index (χ3v) is 4.26. The minimum absolute atomic E-state index is 0. The van der Waals surface area contributed by atoms with Gasteiger partial charge in [0.05, 0.1) is 5.56 Å². The monoisotopic (exact) mass is 377 g/mol. The van der Waals surface area contributed by atoms with Gasteiger partial charge in [-0.15, -0.1) is 12.4 Å². The van der Waals surface area contributed by atoms with Gasteiger partial charge in [-0.25, -0.2) is 4.39 Å². The van der Waals surface area contributed by atoms with Crippen molar-refractivity contribution in [1.82, 2.24) is 10.6 Å². The zero-order valence-corrected chi connectivity index (χ0v) is 15.2. The Morgan fingerprint density at radius 3 is 2.62 bits per heavy atom. The van der Waals surface area contributed by atoms with Gasteiger partial charge in [0.2, 0.25) is 0 Å². The first-order valence-electron chi connectivity index (χ1n) is 8.22. The number of halogens is 2. The SMILES string of the molecule is Cc1ccc(C(=O)NC2CCNC2)cc1NC(=O)c1ccccc1F.Cl. The van der Waals surface area contributed by atoms with E-state index >= 15 is 0 Å². The summed E-state index contributed by atoms with van der Waals surface area (Å²) in [6.07, 6.45) is 0.897. The molecule has 0 saturated carbocycles. The molecule has 1 saturated heterocycles. The predicted octanol–water partition coefficient (Wildman–Crippen LogP) is 2.90. The summed E-state index contributed by atoms with van der Waals surface area (Å²) in [5, 5.41) is 8.84. The summed E-state index contributed by atoms with van der Waals surface area (Å²) in [6.45, 7) is 3.47. The molecular formula is C19H21ClFN3O2. The standard InChI is InChI=1S/C19H20FN3O2.ClH/c1-12-6-7-13(18(24)22-14-8-9-21-11-14)10-17(12)23-19(25)15-4-2-3-5-16(15)20;/h2-7,10,14,21H,8-9,11H2,1H3,(H,22,24)(H,23,25);1H. The van der Waals surface area contributed by atoms with Crippen molar-refractivity contribution in [2.45, 2.75) is 19.4 Å². The van der Waals surface area contributed by atoms with E-state index in [9.17, 15) is 14.0 Å². The summed E-state index contributed by atoms with van der Waals surface area (Å²) in [7, 11) is 0. The number of nitrogens with one attached hydrogen (secondary N) is 3. The van der Waals surface area contributed by atoms with Crippen molar-refractivity contribution in [3.05, 3.63) is 65.0 Å². The van der Waals surface area contributed by atoms with Gasteiger partial charge in [-0.2, -0.15) is 0 Å². The highest BCUT2D eigenvalue weighted by Gasteiger charge is 2.18. The van der Waals surface area contributed by atoms with E-state index in [1.165, 1.54) is 18.2 Å². The minimum Gasteiger partial charge on any atom is -0.348 e. The Bertz CT molecular complexity index is 807. The third kappa shape index (κ3) is 4.59. The number of amides is 2. The van der Waals surface area contributed by atoms with E-state index in [-0.39, 0.29) is 29.9 Å². The quantitative estimate of drug-likeness (QED) is 0.767. The fourth-order valence-electron chi connectivity index (χ4n) is 2.78. The van der Waals surface area contributed by atoms with Gasteiger partial charge in [-0.05, 0) is 49.7 Å². The number of carbonyl (C=O) groups excluding carboxylic acids is 2. The van der Waals surface area contributed by atoms with Crippen LogP contribution in [0.4, 0.5) is 10.1 Å². The topological polar surface area (TPSA) is 70.2 Å². The van der Waals surface area contributed by atoms with Gasteiger partial charge in [0, 0.05) is 23.8 Å². The maximum Gasteiger partial charge on any atom is 0.258 e. The molecule has 138 valence electrons. The molecule has 2 amide bonds. The first-order chi connectivity index (χ1) is 12.0. The molecule has 1 fully saturated rings. The molecule has 1 heterocycles. The molecule has 5 nitrogen and oxygen atoms in total. The molecule has 0 aromatic heterocycles. The van der Waals surface area contributed by atoms with Crippen LogP contribution >= 0.6 is 12.4 Å². The highest BCUT2D eigenvalue weighted by molar-refractivity contribution is 6.05. The molecule has 2 aromatic carbocycles. The fraction of sp³-hybridized carbons (Fsp3) is 0.263. The van der Waals surface area contributed by atoms with E-state index in [0.717, 1.165) is 25.1 Å². The summed E-state index contributed by atoms with van der Waals surface area (Å²) in [6, 6.07) is 11.0. The first-order valence-corrected chi connectivity index (χ1v) is 8.22. The molecule has 1 atom stereocenters. The number of rotatable bonds is 4.